The molecule has 2 aromatic heterocycles. The number of aromatic amines is 1. The number of hydrogen-bond acceptors (Lipinski definition) is 4. The van der Waals surface area contributed by atoms with E-state index in [9.17, 15) is 9.90 Å². The van der Waals surface area contributed by atoms with Crippen molar-refractivity contribution in [2.75, 3.05) is 0 Å². The van der Waals surface area contributed by atoms with E-state index in [4.69, 9.17) is 0 Å². The lowest BCUT2D eigenvalue weighted by Gasteiger charge is -2.23. The number of nitrogens with one attached hydrogen (secondary N) is 1. The number of aliphatic hydroxyl groups is 1. The van der Waals surface area contributed by atoms with Crippen molar-refractivity contribution in [1.29, 1.82) is 0 Å². The average Bonchev–Trinajstić information content (AvgIpc) is 2.59. The van der Waals surface area contributed by atoms with Crippen molar-refractivity contribution in [2.45, 2.75) is 39.7 Å². The van der Waals surface area contributed by atoms with Gasteiger partial charge in [-0.2, -0.15) is 5.10 Å². The molecule has 6 heteroatoms. The van der Waals surface area contributed by atoms with Crippen LogP contribution >= 0.6 is 0 Å². The van der Waals surface area contributed by atoms with E-state index in [0.29, 0.717) is 11.5 Å². The zero-order valence-electron chi connectivity index (χ0n) is 11.0. The van der Waals surface area contributed by atoms with Gasteiger partial charge in [0.05, 0.1) is 11.8 Å². The molecule has 0 saturated heterocycles. The number of fused-ring (bicyclic) bond motifs is 1. The molecule has 0 aromatic carbocycles. The monoisotopic (exact) mass is 250 g/mol. The Kier molecular flexibility index (Phi) is 3.21. The van der Waals surface area contributed by atoms with Crippen LogP contribution in [0.4, 0.5) is 0 Å². The molecule has 0 amide bonds. The Bertz CT molecular complexity index is 604. The molecule has 0 aliphatic rings. The lowest BCUT2D eigenvalue weighted by atomic mass is 9.88. The second-order valence-corrected chi connectivity index (χ2v) is 4.96. The van der Waals surface area contributed by atoms with Gasteiger partial charge in [-0.3, -0.25) is 0 Å². The quantitative estimate of drug-likeness (QED) is 0.845. The topological polar surface area (TPSA) is 83.3 Å². The Hall–Kier alpha value is -1.69. The van der Waals surface area contributed by atoms with E-state index in [1.165, 1.54) is 4.40 Å². The zero-order chi connectivity index (χ0) is 13.4. The second kappa shape index (κ2) is 4.53. The molecule has 0 aliphatic carbocycles. The van der Waals surface area contributed by atoms with Crippen LogP contribution in [0.2, 0.25) is 0 Å². The van der Waals surface area contributed by atoms with Crippen LogP contribution in [-0.4, -0.2) is 30.8 Å². The van der Waals surface area contributed by atoms with E-state index in [2.05, 4.69) is 15.2 Å². The predicted molar refractivity (Wildman–Crippen MR) is 67.6 cm³/mol. The lowest BCUT2D eigenvalue weighted by Crippen LogP contribution is -2.23. The summed E-state index contributed by atoms with van der Waals surface area (Å²) >= 11 is 0. The van der Waals surface area contributed by atoms with Gasteiger partial charge in [-0.15, -0.1) is 0 Å². The Morgan fingerprint density at radius 3 is 2.61 bits per heavy atom. The summed E-state index contributed by atoms with van der Waals surface area (Å²) in [6.07, 6.45) is -0.495. The predicted octanol–water partition coefficient (Wildman–Crippen LogP) is 0.846. The Labute approximate surface area is 105 Å². The molecule has 6 nitrogen and oxygen atoms in total. The number of H-pyrrole nitrogens is 1. The first-order valence-electron chi connectivity index (χ1n) is 6.04. The number of aryl methyl sites for hydroxylation is 1. The first kappa shape index (κ1) is 12.8. The first-order chi connectivity index (χ1) is 8.41. The van der Waals surface area contributed by atoms with Crippen molar-refractivity contribution in [3.63, 3.8) is 0 Å². The summed E-state index contributed by atoms with van der Waals surface area (Å²) in [6.45, 7) is 7.58. The van der Waals surface area contributed by atoms with E-state index in [-0.39, 0.29) is 17.5 Å². The third-order valence-corrected chi connectivity index (χ3v) is 3.17. The Morgan fingerprint density at radius 1 is 1.39 bits per heavy atom. The van der Waals surface area contributed by atoms with Crippen molar-refractivity contribution < 1.29 is 5.11 Å². The Balaban J connectivity index is 2.62. The molecular formula is C12H18N4O2. The van der Waals surface area contributed by atoms with Crippen molar-refractivity contribution in [3.8, 4) is 0 Å². The van der Waals surface area contributed by atoms with Crippen LogP contribution in [0.3, 0.4) is 0 Å². The molecule has 18 heavy (non-hydrogen) atoms. The fraction of sp³-hybridized carbons (Fsp3) is 0.583. The molecule has 0 saturated carbocycles. The summed E-state index contributed by atoms with van der Waals surface area (Å²) in [5, 5.41) is 16.2. The molecule has 2 aromatic rings. The molecule has 2 atom stereocenters. The number of aliphatic hydroxyl groups excluding tert-OH is 1. The highest BCUT2D eigenvalue weighted by molar-refractivity contribution is 5.39. The average molecular weight is 250 g/mol. The lowest BCUT2D eigenvalue weighted by molar-refractivity contribution is 0.138. The van der Waals surface area contributed by atoms with Gasteiger partial charge < -0.3 is 5.11 Å². The van der Waals surface area contributed by atoms with Gasteiger partial charge in [0.15, 0.2) is 5.65 Å². The van der Waals surface area contributed by atoms with Crippen molar-refractivity contribution in [1.82, 2.24) is 19.6 Å². The van der Waals surface area contributed by atoms with Crippen molar-refractivity contribution in [3.05, 3.63) is 28.1 Å². The van der Waals surface area contributed by atoms with Gasteiger partial charge in [0, 0.05) is 12.0 Å². The smallest absolute Gasteiger partial charge is 0.349 e. The molecule has 0 radical (unpaired) electrons. The van der Waals surface area contributed by atoms with Gasteiger partial charge in [-0.25, -0.2) is 19.3 Å². The Morgan fingerprint density at radius 2 is 2.06 bits per heavy atom. The van der Waals surface area contributed by atoms with E-state index in [1.807, 2.05) is 13.8 Å². The van der Waals surface area contributed by atoms with E-state index < -0.39 is 6.10 Å². The second-order valence-electron chi connectivity index (χ2n) is 4.96. The van der Waals surface area contributed by atoms with Gasteiger partial charge in [-0.1, -0.05) is 13.8 Å². The van der Waals surface area contributed by atoms with Crippen LogP contribution < -0.4 is 5.69 Å². The largest absolute Gasteiger partial charge is 0.393 e. The molecule has 2 rings (SSSR count). The van der Waals surface area contributed by atoms with Crippen LogP contribution in [0.25, 0.3) is 5.65 Å². The van der Waals surface area contributed by atoms with Crippen LogP contribution in [-0.2, 0) is 0 Å². The number of rotatable bonds is 3. The van der Waals surface area contributed by atoms with Gasteiger partial charge in [-0.05, 0) is 19.8 Å². The number of aromatic nitrogens is 4. The van der Waals surface area contributed by atoms with E-state index >= 15 is 0 Å². The zero-order valence-corrected chi connectivity index (χ0v) is 11.0. The molecular weight excluding hydrogens is 232 g/mol. The van der Waals surface area contributed by atoms with E-state index in [0.717, 1.165) is 5.69 Å². The summed E-state index contributed by atoms with van der Waals surface area (Å²) in [6, 6.07) is 1.75. The molecule has 2 N–H and O–H groups in total. The molecule has 2 unspecified atom stereocenters. The van der Waals surface area contributed by atoms with Crippen molar-refractivity contribution in [2.24, 2.45) is 5.92 Å². The standard InChI is InChI=1S/C12H18N4O2/c1-6(2)11(7(3)17)9-5-10-14-15-12(18)16(10)8(4)13-9/h5-7,11,17H,1-4H3,(H,15,18). The van der Waals surface area contributed by atoms with Gasteiger partial charge in [0.2, 0.25) is 0 Å². The first-order valence-corrected chi connectivity index (χ1v) is 6.04. The van der Waals surface area contributed by atoms with Crippen LogP contribution in [0.5, 0.6) is 0 Å². The summed E-state index contributed by atoms with van der Waals surface area (Å²) in [7, 11) is 0. The third-order valence-electron chi connectivity index (χ3n) is 3.17. The van der Waals surface area contributed by atoms with Crippen LogP contribution in [0, 0.1) is 12.8 Å². The fourth-order valence-electron chi connectivity index (χ4n) is 2.44. The third kappa shape index (κ3) is 2.03. The maximum atomic E-state index is 11.5. The summed E-state index contributed by atoms with van der Waals surface area (Å²) < 4.78 is 1.42. The molecule has 2 heterocycles. The summed E-state index contributed by atoms with van der Waals surface area (Å²) in [5.74, 6) is 0.762. The number of nitrogens with zero attached hydrogens (tertiary/aromatic N) is 3. The highest BCUT2D eigenvalue weighted by atomic mass is 16.3. The molecule has 0 bridgehead atoms. The minimum absolute atomic E-state index is 0.0690. The van der Waals surface area contributed by atoms with Gasteiger partial charge >= 0.3 is 5.69 Å². The summed E-state index contributed by atoms with van der Waals surface area (Å²) in [5.41, 5.74) is 1.01. The van der Waals surface area contributed by atoms with Crippen molar-refractivity contribution >= 4 is 5.65 Å². The van der Waals surface area contributed by atoms with Gasteiger partial charge in [0.25, 0.3) is 0 Å². The summed E-state index contributed by atoms with van der Waals surface area (Å²) in [4.78, 5) is 15.9. The van der Waals surface area contributed by atoms with Gasteiger partial charge in [0.1, 0.15) is 5.82 Å². The van der Waals surface area contributed by atoms with Crippen LogP contribution in [0.1, 0.15) is 38.2 Å². The number of hydrogen-bond donors (Lipinski definition) is 2. The molecule has 0 fully saturated rings. The minimum Gasteiger partial charge on any atom is -0.393 e. The normalized spacial score (nSPS) is 15.2. The minimum atomic E-state index is -0.495. The highest BCUT2D eigenvalue weighted by Gasteiger charge is 2.24. The SMILES string of the molecule is Cc1nc(C(C(C)C)C(C)O)cc2n[nH]c(=O)n12. The molecule has 0 spiro atoms. The maximum Gasteiger partial charge on any atom is 0.349 e. The fourth-order valence-corrected chi connectivity index (χ4v) is 2.44. The molecule has 98 valence electrons. The van der Waals surface area contributed by atoms with Crippen LogP contribution in [0.15, 0.2) is 10.9 Å². The molecule has 0 aliphatic heterocycles. The van der Waals surface area contributed by atoms with E-state index in [1.54, 1.807) is 19.9 Å². The highest BCUT2D eigenvalue weighted by Crippen LogP contribution is 2.27. The maximum absolute atomic E-state index is 11.5.